The zero-order chi connectivity index (χ0) is 31.9. The van der Waals surface area contributed by atoms with Crippen LogP contribution in [0.25, 0.3) is 43.6 Å². The van der Waals surface area contributed by atoms with Crippen LogP contribution in [0.2, 0.25) is 0 Å². The fourth-order valence-electron chi connectivity index (χ4n) is 4.60. The first-order valence-electron chi connectivity index (χ1n) is 15.3. The SMILES string of the molecule is CC.Cc1ccc2ccccc2n1.Cc1ccnc2ccccc12.Cc1cnc2ccccc2c1.c1ccc2ncccc2c1. The molecule has 45 heavy (non-hydrogen) atoms. The third-order valence-electron chi connectivity index (χ3n) is 6.84. The first kappa shape index (κ1) is 32.4. The molecule has 4 aromatic carbocycles. The summed E-state index contributed by atoms with van der Waals surface area (Å²) >= 11 is 0. The van der Waals surface area contributed by atoms with Gasteiger partial charge in [0.2, 0.25) is 0 Å². The van der Waals surface area contributed by atoms with Gasteiger partial charge in [-0.05, 0) is 80.4 Å². The zero-order valence-corrected chi connectivity index (χ0v) is 26.7. The van der Waals surface area contributed by atoms with Crippen LogP contribution < -0.4 is 0 Å². The lowest BCUT2D eigenvalue weighted by atomic mass is 10.1. The van der Waals surface area contributed by atoms with Crippen LogP contribution in [-0.2, 0) is 0 Å². The highest BCUT2D eigenvalue weighted by atomic mass is 14.7. The molecular weight excluding hydrogens is 548 g/mol. The summed E-state index contributed by atoms with van der Waals surface area (Å²) in [5.41, 5.74) is 7.85. The smallest absolute Gasteiger partial charge is 0.0705 e. The molecule has 0 aliphatic rings. The second kappa shape index (κ2) is 17.0. The van der Waals surface area contributed by atoms with Gasteiger partial charge in [-0.2, -0.15) is 0 Å². The van der Waals surface area contributed by atoms with Crippen molar-refractivity contribution in [1.82, 2.24) is 19.9 Å². The molecule has 224 valence electrons. The zero-order valence-electron chi connectivity index (χ0n) is 26.7. The summed E-state index contributed by atoms with van der Waals surface area (Å²) in [6.45, 7) is 10.2. The average molecular weight is 589 g/mol. The van der Waals surface area contributed by atoms with Gasteiger partial charge in [-0.3, -0.25) is 19.9 Å². The Morgan fingerprint density at radius 2 is 0.956 bits per heavy atom. The Balaban J connectivity index is 0.000000134. The van der Waals surface area contributed by atoms with Crippen LogP contribution >= 0.6 is 0 Å². The van der Waals surface area contributed by atoms with Gasteiger partial charge in [-0.15, -0.1) is 0 Å². The quantitative estimate of drug-likeness (QED) is 0.177. The predicted molar refractivity (Wildman–Crippen MR) is 193 cm³/mol. The molecule has 0 N–H and O–H groups in total. The largest absolute Gasteiger partial charge is 0.256 e. The summed E-state index contributed by atoms with van der Waals surface area (Å²) in [5.74, 6) is 0. The van der Waals surface area contributed by atoms with Gasteiger partial charge in [0.15, 0.2) is 0 Å². The maximum absolute atomic E-state index is 4.38. The topological polar surface area (TPSA) is 51.6 Å². The third kappa shape index (κ3) is 9.50. The molecule has 0 atom stereocenters. The molecule has 0 spiro atoms. The molecule has 4 nitrogen and oxygen atoms in total. The van der Waals surface area contributed by atoms with E-state index in [4.69, 9.17) is 0 Å². The molecule has 4 aromatic heterocycles. The molecule has 4 heterocycles. The number of nitrogens with zero attached hydrogens (tertiary/aromatic N) is 4. The summed E-state index contributed by atoms with van der Waals surface area (Å²) in [6.07, 6.45) is 5.54. The molecular formula is C41H40N4. The molecule has 0 unspecified atom stereocenters. The highest BCUT2D eigenvalue weighted by Gasteiger charge is 1.94. The summed E-state index contributed by atoms with van der Waals surface area (Å²) in [5, 5.41) is 4.87. The number of aryl methyl sites for hydroxylation is 3. The molecule has 8 aromatic rings. The molecule has 0 saturated carbocycles. The number of aromatic nitrogens is 4. The Morgan fingerprint density at radius 3 is 1.64 bits per heavy atom. The van der Waals surface area contributed by atoms with Gasteiger partial charge in [0.25, 0.3) is 0 Å². The maximum atomic E-state index is 4.38. The van der Waals surface area contributed by atoms with Crippen LogP contribution in [0.1, 0.15) is 30.7 Å². The standard InChI is InChI=1S/3C10H9N.C9H7N.C2H6/c1-8-6-9-4-2-3-5-10(9)11-7-8;1-8-6-7-11-10-5-3-2-4-9(8)10;1-8-6-7-9-4-2-3-5-10(9)11-8;1-2-6-9-8(4-1)5-3-7-10-9;1-2/h3*2-7H,1H3;1-7H;1-2H3. The number of rotatable bonds is 0. The van der Waals surface area contributed by atoms with Gasteiger partial charge >= 0.3 is 0 Å². The van der Waals surface area contributed by atoms with Gasteiger partial charge in [0.1, 0.15) is 0 Å². The van der Waals surface area contributed by atoms with Gasteiger partial charge < -0.3 is 0 Å². The first-order valence-corrected chi connectivity index (χ1v) is 15.3. The second-order valence-corrected chi connectivity index (χ2v) is 10.2. The minimum absolute atomic E-state index is 1.06. The van der Waals surface area contributed by atoms with Crippen molar-refractivity contribution in [3.05, 3.63) is 169 Å². The van der Waals surface area contributed by atoms with Gasteiger partial charge in [0, 0.05) is 45.8 Å². The number of fused-ring (bicyclic) bond motifs is 4. The van der Waals surface area contributed by atoms with Crippen LogP contribution in [0.3, 0.4) is 0 Å². The lowest BCUT2D eigenvalue weighted by Gasteiger charge is -1.97. The van der Waals surface area contributed by atoms with Gasteiger partial charge in [-0.1, -0.05) is 98.8 Å². The Morgan fingerprint density at radius 1 is 0.422 bits per heavy atom. The van der Waals surface area contributed by atoms with E-state index in [0.717, 1.165) is 27.8 Å². The van der Waals surface area contributed by atoms with E-state index >= 15 is 0 Å². The van der Waals surface area contributed by atoms with E-state index < -0.39 is 0 Å². The average Bonchev–Trinajstić information content (AvgIpc) is 3.10. The Bertz CT molecular complexity index is 1930. The lowest BCUT2D eigenvalue weighted by Crippen LogP contribution is -1.80. The number of benzene rings is 4. The Kier molecular flexibility index (Phi) is 12.2. The molecule has 0 aliphatic heterocycles. The van der Waals surface area contributed by atoms with Crippen molar-refractivity contribution in [2.75, 3.05) is 0 Å². The van der Waals surface area contributed by atoms with Crippen molar-refractivity contribution in [3.8, 4) is 0 Å². The molecule has 0 fully saturated rings. The number of hydrogen-bond donors (Lipinski definition) is 0. The van der Waals surface area contributed by atoms with Crippen molar-refractivity contribution in [2.24, 2.45) is 0 Å². The van der Waals surface area contributed by atoms with E-state index in [-0.39, 0.29) is 0 Å². The number of para-hydroxylation sites is 4. The van der Waals surface area contributed by atoms with Crippen LogP contribution in [-0.4, -0.2) is 19.9 Å². The second-order valence-electron chi connectivity index (χ2n) is 10.2. The fraction of sp³-hybridized carbons (Fsp3) is 0.122. The minimum atomic E-state index is 1.06. The summed E-state index contributed by atoms with van der Waals surface area (Å²) in [4.78, 5) is 17.1. The Labute approximate surface area is 266 Å². The van der Waals surface area contributed by atoms with E-state index in [9.17, 15) is 0 Å². The van der Waals surface area contributed by atoms with Crippen molar-refractivity contribution in [1.29, 1.82) is 0 Å². The first-order chi connectivity index (χ1) is 22.1. The Hall–Kier alpha value is -5.48. The monoisotopic (exact) mass is 588 g/mol. The molecule has 0 saturated heterocycles. The van der Waals surface area contributed by atoms with E-state index in [1.54, 1.807) is 0 Å². The van der Waals surface area contributed by atoms with E-state index in [1.807, 2.05) is 130 Å². The number of hydrogen-bond acceptors (Lipinski definition) is 4. The van der Waals surface area contributed by atoms with E-state index in [1.165, 1.54) is 32.7 Å². The summed E-state index contributed by atoms with van der Waals surface area (Å²) in [6, 6.07) is 44.8. The fourth-order valence-corrected chi connectivity index (χ4v) is 4.60. The van der Waals surface area contributed by atoms with Crippen LogP contribution in [0.15, 0.2) is 152 Å². The van der Waals surface area contributed by atoms with Gasteiger partial charge in [-0.25, -0.2) is 0 Å². The third-order valence-corrected chi connectivity index (χ3v) is 6.84. The van der Waals surface area contributed by atoms with Crippen molar-refractivity contribution in [2.45, 2.75) is 34.6 Å². The molecule has 0 bridgehead atoms. The normalized spacial score (nSPS) is 9.89. The molecule has 0 aliphatic carbocycles. The van der Waals surface area contributed by atoms with Crippen LogP contribution in [0.5, 0.6) is 0 Å². The molecule has 0 radical (unpaired) electrons. The van der Waals surface area contributed by atoms with Crippen molar-refractivity contribution >= 4 is 43.6 Å². The maximum Gasteiger partial charge on any atom is 0.0705 e. The lowest BCUT2D eigenvalue weighted by molar-refractivity contribution is 1.26. The summed E-state index contributed by atoms with van der Waals surface area (Å²) in [7, 11) is 0. The van der Waals surface area contributed by atoms with Crippen LogP contribution in [0.4, 0.5) is 0 Å². The van der Waals surface area contributed by atoms with E-state index in [0.29, 0.717) is 0 Å². The highest BCUT2D eigenvalue weighted by Crippen LogP contribution is 2.14. The van der Waals surface area contributed by atoms with Crippen molar-refractivity contribution < 1.29 is 0 Å². The molecule has 4 heteroatoms. The van der Waals surface area contributed by atoms with E-state index in [2.05, 4.69) is 76.2 Å². The van der Waals surface area contributed by atoms with Crippen molar-refractivity contribution in [3.63, 3.8) is 0 Å². The predicted octanol–water partition coefficient (Wildman–Crippen LogP) is 10.9. The molecule has 8 rings (SSSR count). The van der Waals surface area contributed by atoms with Gasteiger partial charge in [0.05, 0.1) is 22.1 Å². The molecule has 0 amide bonds. The number of pyridine rings is 4. The minimum Gasteiger partial charge on any atom is -0.256 e. The highest BCUT2D eigenvalue weighted by molar-refractivity contribution is 5.81. The van der Waals surface area contributed by atoms with Crippen LogP contribution in [0, 0.1) is 20.8 Å². The summed E-state index contributed by atoms with van der Waals surface area (Å²) < 4.78 is 0.